The van der Waals surface area contributed by atoms with Crippen LogP contribution in [0.25, 0.3) is 0 Å². The number of pyridine rings is 1. The van der Waals surface area contributed by atoms with Crippen molar-refractivity contribution in [2.75, 3.05) is 18.9 Å². The lowest BCUT2D eigenvalue weighted by molar-refractivity contribution is 0.0955. The second-order valence-electron chi connectivity index (χ2n) is 4.75. The summed E-state index contributed by atoms with van der Waals surface area (Å²) in [4.78, 5) is 28.7. The van der Waals surface area contributed by atoms with E-state index in [0.717, 1.165) is 0 Å². The molecule has 2 rings (SSSR count). The minimum atomic E-state index is -0.265. The van der Waals surface area contributed by atoms with Crippen molar-refractivity contribution in [1.29, 1.82) is 0 Å². The summed E-state index contributed by atoms with van der Waals surface area (Å²) in [6, 6.07) is 5.14. The molecule has 2 aromatic rings. The van der Waals surface area contributed by atoms with E-state index in [1.165, 1.54) is 11.3 Å². The Morgan fingerprint density at radius 1 is 1.23 bits per heavy atom. The number of carbonyl (C=O) groups excluding carboxylic acids is 2. The number of amides is 2. The Kier molecular flexibility index (Phi) is 5.62. The molecule has 2 aromatic heterocycles. The van der Waals surface area contributed by atoms with Gasteiger partial charge in [0.2, 0.25) is 0 Å². The zero-order chi connectivity index (χ0) is 15.9. The van der Waals surface area contributed by atoms with E-state index in [1.807, 2.05) is 14.0 Å². The van der Waals surface area contributed by atoms with Gasteiger partial charge < -0.3 is 16.0 Å². The molecular weight excluding hydrogens is 300 g/mol. The molecule has 3 N–H and O–H groups in total. The smallest absolute Gasteiger partial charge is 0.263 e. The zero-order valence-corrected chi connectivity index (χ0v) is 13.2. The fourth-order valence-corrected chi connectivity index (χ4v) is 2.47. The van der Waals surface area contributed by atoms with Gasteiger partial charge in [-0.15, -0.1) is 11.3 Å². The van der Waals surface area contributed by atoms with Gasteiger partial charge in [0.1, 0.15) is 4.88 Å². The number of hydrogen-bond donors (Lipinski definition) is 3. The number of thiophene rings is 1. The lowest BCUT2D eigenvalue weighted by Gasteiger charge is -2.11. The summed E-state index contributed by atoms with van der Waals surface area (Å²) in [5, 5.41) is 10.4. The average Bonchev–Trinajstić information content (AvgIpc) is 3.01. The highest BCUT2D eigenvalue weighted by Crippen LogP contribution is 2.22. The van der Waals surface area contributed by atoms with E-state index in [0.29, 0.717) is 22.7 Å². The van der Waals surface area contributed by atoms with E-state index in [1.54, 1.807) is 36.0 Å². The van der Waals surface area contributed by atoms with Crippen LogP contribution in [0, 0.1) is 0 Å². The predicted octanol–water partition coefficient (Wildman–Crippen LogP) is 1.73. The number of aromatic nitrogens is 1. The SMILES string of the molecule is CNC(C)CNC(=O)c1sccc1NC(=O)c1ccncc1. The molecule has 0 aromatic carbocycles. The summed E-state index contributed by atoms with van der Waals surface area (Å²) in [6.45, 7) is 2.49. The Balaban J connectivity index is 2.03. The molecule has 6 nitrogen and oxygen atoms in total. The number of nitrogens with one attached hydrogen (secondary N) is 3. The second kappa shape index (κ2) is 7.67. The summed E-state index contributed by atoms with van der Waals surface area (Å²) in [5.74, 6) is -0.458. The van der Waals surface area contributed by atoms with Crippen LogP contribution >= 0.6 is 11.3 Å². The molecule has 7 heteroatoms. The van der Waals surface area contributed by atoms with Crippen molar-refractivity contribution in [3.05, 3.63) is 46.4 Å². The Bertz CT molecular complexity index is 642. The largest absolute Gasteiger partial charge is 0.350 e. The van der Waals surface area contributed by atoms with Crippen LogP contribution in [0.3, 0.4) is 0 Å². The Hall–Kier alpha value is -2.25. The molecule has 22 heavy (non-hydrogen) atoms. The van der Waals surface area contributed by atoms with E-state index in [9.17, 15) is 9.59 Å². The molecule has 0 bridgehead atoms. The first kappa shape index (κ1) is 16.1. The van der Waals surface area contributed by atoms with E-state index >= 15 is 0 Å². The number of hydrogen-bond acceptors (Lipinski definition) is 5. The van der Waals surface area contributed by atoms with Crippen LogP contribution in [0.2, 0.25) is 0 Å². The maximum atomic E-state index is 12.2. The summed E-state index contributed by atoms with van der Waals surface area (Å²) in [6.07, 6.45) is 3.10. The molecule has 0 saturated carbocycles. The van der Waals surface area contributed by atoms with Crippen LogP contribution in [0.1, 0.15) is 27.0 Å². The van der Waals surface area contributed by atoms with Gasteiger partial charge in [0, 0.05) is 30.5 Å². The number of carbonyl (C=O) groups is 2. The third-order valence-electron chi connectivity index (χ3n) is 3.12. The van der Waals surface area contributed by atoms with Crippen molar-refractivity contribution in [1.82, 2.24) is 15.6 Å². The first-order valence-electron chi connectivity index (χ1n) is 6.86. The standard InChI is InChI=1S/C15H18N4O2S/c1-10(16-2)9-18-15(21)13-12(5-8-22-13)19-14(20)11-3-6-17-7-4-11/h3-8,10,16H,9H2,1-2H3,(H,18,21)(H,19,20). The van der Waals surface area contributed by atoms with Crippen LogP contribution in [0.15, 0.2) is 36.0 Å². The molecule has 2 amide bonds. The zero-order valence-electron chi connectivity index (χ0n) is 12.4. The quantitative estimate of drug-likeness (QED) is 0.757. The fourth-order valence-electron chi connectivity index (χ4n) is 1.71. The van der Waals surface area contributed by atoms with Gasteiger partial charge >= 0.3 is 0 Å². The highest BCUT2D eigenvalue weighted by molar-refractivity contribution is 7.12. The van der Waals surface area contributed by atoms with Gasteiger partial charge in [-0.25, -0.2) is 0 Å². The lowest BCUT2D eigenvalue weighted by atomic mass is 10.2. The Morgan fingerprint density at radius 3 is 2.64 bits per heavy atom. The van der Waals surface area contributed by atoms with Gasteiger partial charge in [-0.2, -0.15) is 0 Å². The highest BCUT2D eigenvalue weighted by atomic mass is 32.1. The predicted molar refractivity (Wildman–Crippen MR) is 87.4 cm³/mol. The van der Waals surface area contributed by atoms with E-state index in [-0.39, 0.29) is 17.9 Å². The molecule has 116 valence electrons. The molecule has 0 aliphatic heterocycles. The fraction of sp³-hybridized carbons (Fsp3) is 0.267. The number of anilines is 1. The van der Waals surface area contributed by atoms with Gasteiger partial charge in [-0.3, -0.25) is 14.6 Å². The second-order valence-corrected chi connectivity index (χ2v) is 5.67. The Labute approximate surface area is 133 Å². The minimum absolute atomic E-state index is 0.179. The van der Waals surface area contributed by atoms with Crippen molar-refractivity contribution >= 4 is 28.8 Å². The van der Waals surface area contributed by atoms with Crippen LogP contribution in [0.5, 0.6) is 0 Å². The van der Waals surface area contributed by atoms with E-state index < -0.39 is 0 Å². The molecule has 0 spiro atoms. The minimum Gasteiger partial charge on any atom is -0.350 e. The summed E-state index contributed by atoms with van der Waals surface area (Å²) in [5.41, 5.74) is 1.01. The first-order valence-corrected chi connectivity index (χ1v) is 7.74. The molecule has 0 aliphatic rings. The molecule has 2 heterocycles. The van der Waals surface area contributed by atoms with Crippen LogP contribution in [-0.2, 0) is 0 Å². The summed E-state index contributed by atoms with van der Waals surface area (Å²) < 4.78 is 0. The molecule has 1 atom stereocenters. The van der Waals surface area contributed by atoms with Crippen molar-refractivity contribution in [2.45, 2.75) is 13.0 Å². The maximum absolute atomic E-state index is 12.2. The van der Waals surface area contributed by atoms with Crippen molar-refractivity contribution in [3.8, 4) is 0 Å². The highest BCUT2D eigenvalue weighted by Gasteiger charge is 2.16. The lowest BCUT2D eigenvalue weighted by Crippen LogP contribution is -2.37. The Morgan fingerprint density at radius 2 is 1.95 bits per heavy atom. The van der Waals surface area contributed by atoms with Crippen molar-refractivity contribution in [2.24, 2.45) is 0 Å². The third kappa shape index (κ3) is 4.12. The molecule has 0 fully saturated rings. The average molecular weight is 318 g/mol. The summed E-state index contributed by atoms with van der Waals surface area (Å²) >= 11 is 1.29. The molecule has 0 radical (unpaired) electrons. The van der Waals surface area contributed by atoms with Crippen molar-refractivity contribution < 1.29 is 9.59 Å². The van der Waals surface area contributed by atoms with Gasteiger partial charge in [0.15, 0.2) is 0 Å². The van der Waals surface area contributed by atoms with E-state index in [4.69, 9.17) is 0 Å². The molecule has 1 unspecified atom stereocenters. The number of rotatable bonds is 6. The van der Waals surface area contributed by atoms with Gasteiger partial charge in [0.05, 0.1) is 5.69 Å². The number of nitrogens with zero attached hydrogens (tertiary/aromatic N) is 1. The normalized spacial score (nSPS) is 11.7. The maximum Gasteiger partial charge on any atom is 0.263 e. The summed E-state index contributed by atoms with van der Waals surface area (Å²) in [7, 11) is 1.84. The third-order valence-corrected chi connectivity index (χ3v) is 4.04. The topological polar surface area (TPSA) is 83.1 Å². The van der Waals surface area contributed by atoms with Crippen LogP contribution in [-0.4, -0.2) is 36.4 Å². The first-order chi connectivity index (χ1) is 10.6. The van der Waals surface area contributed by atoms with Crippen molar-refractivity contribution in [3.63, 3.8) is 0 Å². The molecule has 0 saturated heterocycles. The van der Waals surface area contributed by atoms with Crippen LogP contribution < -0.4 is 16.0 Å². The van der Waals surface area contributed by atoms with Gasteiger partial charge in [-0.05, 0) is 37.6 Å². The van der Waals surface area contributed by atoms with Gasteiger partial charge in [0.25, 0.3) is 11.8 Å². The molecule has 0 aliphatic carbocycles. The molecular formula is C15H18N4O2S. The number of likely N-dealkylation sites (N-methyl/N-ethyl adjacent to an activating group) is 1. The van der Waals surface area contributed by atoms with E-state index in [2.05, 4.69) is 20.9 Å². The van der Waals surface area contributed by atoms with Gasteiger partial charge in [-0.1, -0.05) is 0 Å². The monoisotopic (exact) mass is 318 g/mol. The van der Waals surface area contributed by atoms with Crippen LogP contribution in [0.4, 0.5) is 5.69 Å².